The highest BCUT2D eigenvalue weighted by Crippen LogP contribution is 2.33. The molecular weight excluding hydrogens is 384 g/mol. The molecule has 0 atom stereocenters. The van der Waals surface area contributed by atoms with E-state index in [1.807, 2.05) is 37.3 Å². The first kappa shape index (κ1) is 19.6. The Balaban J connectivity index is 1.72. The van der Waals surface area contributed by atoms with Crippen LogP contribution in [0.2, 0.25) is 5.02 Å². The zero-order valence-corrected chi connectivity index (χ0v) is 17.1. The van der Waals surface area contributed by atoms with E-state index in [4.69, 9.17) is 16.6 Å². The molecule has 148 valence electrons. The van der Waals surface area contributed by atoms with Crippen LogP contribution >= 0.6 is 11.6 Å². The molecule has 3 aromatic rings. The van der Waals surface area contributed by atoms with Gasteiger partial charge in [-0.25, -0.2) is 9.97 Å². The molecule has 1 aromatic heterocycles. The van der Waals surface area contributed by atoms with E-state index < -0.39 is 0 Å². The molecule has 1 aliphatic rings. The summed E-state index contributed by atoms with van der Waals surface area (Å²) in [6.07, 6.45) is 1.18. The van der Waals surface area contributed by atoms with Crippen LogP contribution in [0.3, 0.4) is 0 Å². The normalized spacial score (nSPS) is 13.7. The highest BCUT2D eigenvalue weighted by atomic mass is 35.5. The van der Waals surface area contributed by atoms with Gasteiger partial charge in [0.2, 0.25) is 11.9 Å². The van der Waals surface area contributed by atoms with Gasteiger partial charge in [-0.1, -0.05) is 67.1 Å². The molecule has 0 fully saturated rings. The summed E-state index contributed by atoms with van der Waals surface area (Å²) in [5.41, 5.74) is 4.99. The van der Waals surface area contributed by atoms with Gasteiger partial charge in [0.05, 0.1) is 11.4 Å². The zero-order chi connectivity index (χ0) is 20.2. The van der Waals surface area contributed by atoms with Crippen molar-refractivity contribution in [2.75, 3.05) is 11.9 Å². The topological polar surface area (TPSA) is 58.1 Å². The van der Waals surface area contributed by atoms with Gasteiger partial charge >= 0.3 is 0 Å². The minimum atomic E-state index is -0.100. The maximum Gasteiger partial charge on any atom is 0.230 e. The number of nitrogens with zero attached hydrogens (tertiary/aromatic N) is 3. The fraction of sp³-hybridized carbons (Fsp3) is 0.261. The molecule has 0 saturated heterocycles. The van der Waals surface area contributed by atoms with Gasteiger partial charge in [0.25, 0.3) is 0 Å². The van der Waals surface area contributed by atoms with Crippen molar-refractivity contribution in [1.82, 2.24) is 14.9 Å². The van der Waals surface area contributed by atoms with Crippen molar-refractivity contribution in [2.45, 2.75) is 32.9 Å². The molecule has 6 heteroatoms. The summed E-state index contributed by atoms with van der Waals surface area (Å²) in [5, 5.41) is 3.44. The lowest BCUT2D eigenvalue weighted by Gasteiger charge is -2.30. The molecule has 2 aromatic carbocycles. The number of benzene rings is 2. The number of carbonyl (C=O) groups is 1. The molecular formula is C23H23ClN4O. The van der Waals surface area contributed by atoms with Gasteiger partial charge in [-0.2, -0.15) is 0 Å². The van der Waals surface area contributed by atoms with Gasteiger partial charge in [-0.3, -0.25) is 15.0 Å². The number of aromatic nitrogens is 2. The fourth-order valence-corrected chi connectivity index (χ4v) is 3.82. The molecule has 4 rings (SSSR count). The molecule has 0 saturated carbocycles. The van der Waals surface area contributed by atoms with E-state index in [1.54, 1.807) is 0 Å². The second-order valence-corrected chi connectivity index (χ2v) is 7.56. The van der Waals surface area contributed by atoms with Crippen molar-refractivity contribution in [3.63, 3.8) is 0 Å². The maximum absolute atomic E-state index is 11.9. The van der Waals surface area contributed by atoms with E-state index >= 15 is 0 Å². The van der Waals surface area contributed by atoms with Crippen LogP contribution in [0.5, 0.6) is 0 Å². The average Bonchev–Trinajstić information content (AvgIpc) is 2.74. The fourth-order valence-electron chi connectivity index (χ4n) is 3.59. The van der Waals surface area contributed by atoms with E-state index in [0.717, 1.165) is 48.6 Å². The summed E-state index contributed by atoms with van der Waals surface area (Å²) in [4.78, 5) is 23.6. The van der Waals surface area contributed by atoms with Crippen molar-refractivity contribution >= 4 is 23.5 Å². The molecule has 2 heterocycles. The quantitative estimate of drug-likeness (QED) is 0.667. The second-order valence-electron chi connectivity index (χ2n) is 7.15. The highest BCUT2D eigenvalue weighted by Gasteiger charge is 2.24. The molecule has 1 amide bonds. The Morgan fingerprint density at radius 3 is 2.62 bits per heavy atom. The lowest BCUT2D eigenvalue weighted by molar-refractivity contribution is -0.115. The van der Waals surface area contributed by atoms with Crippen molar-refractivity contribution in [1.29, 1.82) is 0 Å². The van der Waals surface area contributed by atoms with E-state index in [0.29, 0.717) is 17.4 Å². The number of rotatable bonds is 5. The summed E-state index contributed by atoms with van der Waals surface area (Å²) >= 11 is 6.49. The largest absolute Gasteiger partial charge is 0.295 e. The van der Waals surface area contributed by atoms with Gasteiger partial charge < -0.3 is 0 Å². The van der Waals surface area contributed by atoms with Gasteiger partial charge in [-0.05, 0) is 11.6 Å². The van der Waals surface area contributed by atoms with Crippen LogP contribution in [0.25, 0.3) is 11.3 Å². The first-order chi connectivity index (χ1) is 14.1. The van der Waals surface area contributed by atoms with E-state index in [-0.39, 0.29) is 5.91 Å². The Morgan fingerprint density at radius 1 is 1.10 bits per heavy atom. The summed E-state index contributed by atoms with van der Waals surface area (Å²) in [7, 11) is 0. The number of amides is 1. The Morgan fingerprint density at radius 2 is 1.86 bits per heavy atom. The van der Waals surface area contributed by atoms with Crippen molar-refractivity contribution in [2.24, 2.45) is 0 Å². The molecule has 0 radical (unpaired) electrons. The third-order valence-corrected chi connectivity index (χ3v) is 5.42. The van der Waals surface area contributed by atoms with Crippen LogP contribution in [0, 0.1) is 0 Å². The average molecular weight is 407 g/mol. The molecule has 0 spiro atoms. The molecule has 5 nitrogen and oxygen atoms in total. The number of fused-ring (bicyclic) bond motifs is 1. The van der Waals surface area contributed by atoms with Crippen LogP contribution in [0.1, 0.15) is 30.2 Å². The Kier molecular flexibility index (Phi) is 5.88. The van der Waals surface area contributed by atoms with Crippen molar-refractivity contribution in [3.8, 4) is 11.3 Å². The Hall–Kier alpha value is -2.76. The smallest absolute Gasteiger partial charge is 0.230 e. The van der Waals surface area contributed by atoms with Crippen LogP contribution in [-0.4, -0.2) is 27.3 Å². The van der Waals surface area contributed by atoms with E-state index in [9.17, 15) is 4.79 Å². The lowest BCUT2D eigenvalue weighted by Crippen LogP contribution is -2.32. The summed E-state index contributed by atoms with van der Waals surface area (Å²) in [5.74, 6) is 0.249. The number of hydrogen-bond acceptors (Lipinski definition) is 4. The minimum Gasteiger partial charge on any atom is -0.295 e. The van der Waals surface area contributed by atoms with Gasteiger partial charge in [-0.15, -0.1) is 0 Å². The second kappa shape index (κ2) is 8.72. The summed E-state index contributed by atoms with van der Waals surface area (Å²) in [6, 6.07) is 18.1. The minimum absolute atomic E-state index is 0.100. The monoisotopic (exact) mass is 406 g/mol. The van der Waals surface area contributed by atoms with Crippen molar-refractivity contribution < 1.29 is 4.79 Å². The van der Waals surface area contributed by atoms with E-state index in [2.05, 4.69) is 39.5 Å². The van der Waals surface area contributed by atoms with Gasteiger partial charge in [0, 0.05) is 48.6 Å². The molecule has 29 heavy (non-hydrogen) atoms. The Labute approximate surface area is 175 Å². The van der Waals surface area contributed by atoms with Crippen LogP contribution in [0.4, 0.5) is 5.95 Å². The molecule has 0 unspecified atom stereocenters. The lowest BCUT2D eigenvalue weighted by atomic mass is 9.98. The standard InChI is InChI=1S/C23H23ClN4O/c1-2-21(29)26-23-25-20-12-13-28(14-16-8-4-3-5-9-16)15-18(20)22(27-23)17-10-6-7-11-19(17)24/h3-11H,2,12-15H2,1H3,(H,25,26,27,29). The summed E-state index contributed by atoms with van der Waals surface area (Å²) in [6.45, 7) is 4.33. The van der Waals surface area contributed by atoms with Crippen LogP contribution in [0.15, 0.2) is 54.6 Å². The highest BCUT2D eigenvalue weighted by molar-refractivity contribution is 6.33. The SMILES string of the molecule is CCC(=O)Nc1nc2c(c(-c3ccccc3Cl)n1)CN(Cc1ccccc1)CC2. The first-order valence-corrected chi connectivity index (χ1v) is 10.2. The van der Waals surface area contributed by atoms with Gasteiger partial charge in [0.1, 0.15) is 0 Å². The Bertz CT molecular complexity index is 1020. The van der Waals surface area contributed by atoms with Crippen LogP contribution in [-0.2, 0) is 24.3 Å². The number of carbonyl (C=O) groups excluding carboxylic acids is 1. The van der Waals surface area contributed by atoms with Gasteiger partial charge in [0.15, 0.2) is 0 Å². The number of nitrogens with one attached hydrogen (secondary N) is 1. The predicted molar refractivity (Wildman–Crippen MR) is 116 cm³/mol. The predicted octanol–water partition coefficient (Wildman–Crippen LogP) is 4.70. The van der Waals surface area contributed by atoms with Crippen molar-refractivity contribution in [3.05, 3.63) is 76.4 Å². The zero-order valence-electron chi connectivity index (χ0n) is 16.4. The molecule has 0 aliphatic carbocycles. The third kappa shape index (κ3) is 4.47. The number of anilines is 1. The number of halogens is 1. The summed E-state index contributed by atoms with van der Waals surface area (Å²) < 4.78 is 0. The van der Waals surface area contributed by atoms with E-state index in [1.165, 1.54) is 5.56 Å². The molecule has 0 bridgehead atoms. The third-order valence-electron chi connectivity index (χ3n) is 5.09. The maximum atomic E-state index is 11.9. The molecule has 1 N–H and O–H groups in total. The number of hydrogen-bond donors (Lipinski definition) is 1. The molecule has 1 aliphatic heterocycles. The van der Waals surface area contributed by atoms with Crippen LogP contribution < -0.4 is 5.32 Å². The first-order valence-electron chi connectivity index (χ1n) is 9.85.